The van der Waals surface area contributed by atoms with Gasteiger partial charge in [0.2, 0.25) is 0 Å². The molecule has 0 spiro atoms. The number of aromatic nitrogens is 2. The van der Waals surface area contributed by atoms with Gasteiger partial charge in [-0.1, -0.05) is 51.9 Å². The van der Waals surface area contributed by atoms with E-state index >= 15 is 0 Å². The normalized spacial score (nSPS) is 22.8. The summed E-state index contributed by atoms with van der Waals surface area (Å²) in [5, 5.41) is 30.9. The summed E-state index contributed by atoms with van der Waals surface area (Å²) < 4.78 is 11.6. The van der Waals surface area contributed by atoms with Crippen molar-refractivity contribution in [2.75, 3.05) is 18.5 Å². The van der Waals surface area contributed by atoms with Gasteiger partial charge < -0.3 is 19.7 Å². The van der Waals surface area contributed by atoms with Gasteiger partial charge in [0, 0.05) is 6.20 Å². The summed E-state index contributed by atoms with van der Waals surface area (Å²) in [6.07, 6.45) is 6.44. The Morgan fingerprint density at radius 1 is 1.29 bits per heavy atom. The molecule has 10 heteroatoms. The van der Waals surface area contributed by atoms with E-state index in [9.17, 15) is 25.1 Å². The molecule has 0 aliphatic carbocycles. The highest BCUT2D eigenvalue weighted by atomic mass is 16.6. The number of hydrogen-bond donors (Lipinski definition) is 3. The first-order valence-corrected chi connectivity index (χ1v) is 10.9. The molecule has 3 N–H and O–H groups in total. The van der Waals surface area contributed by atoms with Gasteiger partial charge >= 0.3 is 11.8 Å². The first-order valence-electron chi connectivity index (χ1n) is 10.9. The van der Waals surface area contributed by atoms with Gasteiger partial charge in [-0.15, -0.1) is 0 Å². The molecule has 0 saturated carbocycles. The van der Waals surface area contributed by atoms with Crippen LogP contribution in [0.1, 0.15) is 64.5 Å². The molecule has 0 aromatic carbocycles. The molecule has 10 nitrogen and oxygen atoms in total. The molecule has 1 amide bonds. The molecule has 1 aromatic heterocycles. The number of rotatable bonds is 12. The van der Waals surface area contributed by atoms with E-state index in [1.807, 2.05) is 6.07 Å². The monoisotopic (exact) mass is 436 g/mol. The number of ether oxygens (including phenoxy) is 2. The lowest BCUT2D eigenvalue weighted by Crippen LogP contribution is -2.32. The molecule has 0 unspecified atom stereocenters. The van der Waals surface area contributed by atoms with E-state index in [0.717, 1.165) is 23.8 Å². The van der Waals surface area contributed by atoms with Gasteiger partial charge in [0.1, 0.15) is 23.9 Å². The zero-order valence-corrected chi connectivity index (χ0v) is 17.9. The van der Waals surface area contributed by atoms with E-state index in [1.165, 1.54) is 44.4 Å². The van der Waals surface area contributed by atoms with Crippen LogP contribution in [-0.2, 0) is 9.47 Å². The smallest absolute Gasteiger partial charge is 0.412 e. The van der Waals surface area contributed by atoms with Gasteiger partial charge in [0.05, 0.1) is 19.3 Å². The fourth-order valence-corrected chi connectivity index (χ4v) is 3.49. The van der Waals surface area contributed by atoms with Gasteiger partial charge in [0.25, 0.3) is 0 Å². The van der Waals surface area contributed by atoms with E-state index < -0.39 is 42.7 Å². The predicted molar refractivity (Wildman–Crippen MR) is 112 cm³/mol. The number of nitriles is 1. The first-order chi connectivity index (χ1) is 15.0. The van der Waals surface area contributed by atoms with Gasteiger partial charge in [-0.05, 0) is 12.5 Å². The second kappa shape index (κ2) is 13.0. The third-order valence-electron chi connectivity index (χ3n) is 5.26. The SMILES string of the molecule is CCCCCCCCCCOC(=O)Nc1ccn([C@@H]2O[C@H](CO)[C@@H](O)[C@@H]2C#N)c(=O)n1. The summed E-state index contributed by atoms with van der Waals surface area (Å²) in [4.78, 5) is 28.0. The zero-order valence-electron chi connectivity index (χ0n) is 17.9. The highest BCUT2D eigenvalue weighted by Crippen LogP contribution is 2.33. The summed E-state index contributed by atoms with van der Waals surface area (Å²) >= 11 is 0. The van der Waals surface area contributed by atoms with Crippen LogP contribution in [0.4, 0.5) is 10.6 Å². The van der Waals surface area contributed by atoms with E-state index in [-0.39, 0.29) is 12.4 Å². The lowest BCUT2D eigenvalue weighted by atomic mass is 10.0. The standard InChI is InChI=1S/C21H32N4O6/c1-2-3-4-5-6-7-8-9-12-30-21(29)24-17-10-11-25(20(28)23-17)19-15(13-22)18(27)16(14-26)31-19/h10-11,15-16,18-19,26-27H,2-9,12,14H2,1H3,(H,23,24,28,29)/t15-,16+,18-,19+/m0/s1. The minimum Gasteiger partial charge on any atom is -0.449 e. The molecule has 2 heterocycles. The Labute approximate surface area is 181 Å². The number of anilines is 1. The van der Waals surface area contributed by atoms with Crippen LogP contribution in [-0.4, -0.2) is 51.3 Å². The summed E-state index contributed by atoms with van der Waals surface area (Å²) in [5.74, 6) is -1.03. The number of carbonyl (C=O) groups excluding carboxylic acids is 1. The second-order valence-corrected chi connectivity index (χ2v) is 7.63. The van der Waals surface area contributed by atoms with Gasteiger partial charge in [-0.25, -0.2) is 9.59 Å². The van der Waals surface area contributed by atoms with Crippen LogP contribution in [0.15, 0.2) is 17.1 Å². The third-order valence-corrected chi connectivity index (χ3v) is 5.26. The Balaban J connectivity index is 1.77. The van der Waals surface area contributed by atoms with E-state index in [1.54, 1.807) is 0 Å². The van der Waals surface area contributed by atoms with Crippen molar-refractivity contribution in [2.24, 2.45) is 5.92 Å². The Hall–Kier alpha value is -2.48. The number of nitrogens with one attached hydrogen (secondary N) is 1. The summed E-state index contributed by atoms with van der Waals surface area (Å²) in [7, 11) is 0. The fourth-order valence-electron chi connectivity index (χ4n) is 3.49. The molecule has 1 aromatic rings. The maximum absolute atomic E-state index is 12.3. The fraction of sp³-hybridized carbons (Fsp3) is 0.714. The van der Waals surface area contributed by atoms with Crippen LogP contribution in [0.5, 0.6) is 0 Å². The van der Waals surface area contributed by atoms with Crippen LogP contribution < -0.4 is 11.0 Å². The number of amides is 1. The zero-order chi connectivity index (χ0) is 22.6. The maximum atomic E-state index is 12.3. The molecule has 4 atom stereocenters. The molecule has 1 aliphatic heterocycles. The average molecular weight is 437 g/mol. The Bertz CT molecular complexity index is 793. The van der Waals surface area contributed by atoms with Crippen molar-refractivity contribution in [3.8, 4) is 6.07 Å². The van der Waals surface area contributed by atoms with Gasteiger partial charge in [0.15, 0.2) is 6.23 Å². The Morgan fingerprint density at radius 3 is 2.58 bits per heavy atom. The predicted octanol–water partition coefficient (Wildman–Crippen LogP) is 2.32. The summed E-state index contributed by atoms with van der Waals surface area (Å²) in [6.45, 7) is 2.00. The van der Waals surface area contributed by atoms with Crippen molar-refractivity contribution >= 4 is 11.9 Å². The minimum absolute atomic E-state index is 0.00735. The number of aliphatic hydroxyl groups excluding tert-OH is 2. The van der Waals surface area contributed by atoms with E-state index in [4.69, 9.17) is 9.47 Å². The van der Waals surface area contributed by atoms with Crippen LogP contribution in [0.2, 0.25) is 0 Å². The largest absolute Gasteiger partial charge is 0.449 e. The topological polar surface area (TPSA) is 147 Å². The quantitative estimate of drug-likeness (QED) is 0.423. The van der Waals surface area contributed by atoms with E-state index in [2.05, 4.69) is 17.2 Å². The molecular formula is C21H32N4O6. The van der Waals surface area contributed by atoms with Crippen molar-refractivity contribution in [1.29, 1.82) is 5.26 Å². The minimum atomic E-state index is -1.23. The Kier molecular flexibility index (Phi) is 10.4. The molecule has 0 bridgehead atoms. The number of nitrogens with zero attached hydrogens (tertiary/aromatic N) is 3. The molecular weight excluding hydrogens is 404 g/mol. The number of carbonyl (C=O) groups is 1. The van der Waals surface area contributed by atoms with Crippen molar-refractivity contribution in [3.63, 3.8) is 0 Å². The lowest BCUT2D eigenvalue weighted by Gasteiger charge is -2.16. The molecule has 172 valence electrons. The summed E-state index contributed by atoms with van der Waals surface area (Å²) in [5.41, 5.74) is -0.767. The number of aliphatic hydroxyl groups is 2. The average Bonchev–Trinajstić information content (AvgIpc) is 3.07. The molecule has 0 radical (unpaired) electrons. The van der Waals surface area contributed by atoms with Crippen LogP contribution >= 0.6 is 0 Å². The lowest BCUT2D eigenvalue weighted by molar-refractivity contribution is -0.0469. The first kappa shape index (κ1) is 24.8. The Morgan fingerprint density at radius 2 is 1.97 bits per heavy atom. The van der Waals surface area contributed by atoms with Crippen LogP contribution in [0, 0.1) is 17.2 Å². The van der Waals surface area contributed by atoms with Gasteiger partial charge in [-0.3, -0.25) is 9.88 Å². The van der Waals surface area contributed by atoms with Crippen molar-refractivity contribution in [1.82, 2.24) is 9.55 Å². The summed E-state index contributed by atoms with van der Waals surface area (Å²) in [6, 6.07) is 3.26. The molecule has 1 fully saturated rings. The number of unbranched alkanes of at least 4 members (excludes halogenated alkanes) is 7. The highest BCUT2D eigenvalue weighted by Gasteiger charge is 2.45. The van der Waals surface area contributed by atoms with Crippen molar-refractivity contribution in [3.05, 3.63) is 22.7 Å². The molecule has 1 aliphatic rings. The maximum Gasteiger partial charge on any atom is 0.412 e. The van der Waals surface area contributed by atoms with Crippen LogP contribution in [0.25, 0.3) is 0 Å². The van der Waals surface area contributed by atoms with Crippen LogP contribution in [0.3, 0.4) is 0 Å². The molecule has 2 rings (SSSR count). The number of hydrogen-bond acceptors (Lipinski definition) is 8. The molecule has 31 heavy (non-hydrogen) atoms. The molecule has 1 saturated heterocycles. The highest BCUT2D eigenvalue weighted by molar-refractivity contribution is 5.83. The van der Waals surface area contributed by atoms with Gasteiger partial charge in [-0.2, -0.15) is 10.2 Å². The second-order valence-electron chi connectivity index (χ2n) is 7.63. The van der Waals surface area contributed by atoms with Crippen molar-refractivity contribution < 1.29 is 24.5 Å². The van der Waals surface area contributed by atoms with E-state index in [0.29, 0.717) is 0 Å². The van der Waals surface area contributed by atoms with Crippen molar-refractivity contribution in [2.45, 2.75) is 76.7 Å². The third kappa shape index (κ3) is 7.31.